The van der Waals surface area contributed by atoms with Gasteiger partial charge in [-0.25, -0.2) is 4.79 Å². The number of halogens is 6. The number of alkyl halides is 6. The molecule has 1 aliphatic heterocycles. The molecule has 1 fully saturated rings. The molecule has 1 atom stereocenters. The Morgan fingerprint density at radius 1 is 1.36 bits per heavy atom. The molecule has 2 heterocycles. The quantitative estimate of drug-likeness (QED) is 0.194. The first-order valence-corrected chi connectivity index (χ1v) is 5.89. The molecule has 0 unspecified atom stereocenters. The molecule has 1 aliphatic rings. The van der Waals surface area contributed by atoms with E-state index in [1.165, 1.54) is 5.10 Å². The van der Waals surface area contributed by atoms with Crippen LogP contribution in [0.25, 0.3) is 0 Å². The summed E-state index contributed by atoms with van der Waals surface area (Å²) < 4.78 is 78.1. The molecule has 0 bridgehead atoms. The number of nitro groups is 1. The lowest BCUT2D eigenvalue weighted by Gasteiger charge is -2.43. The Kier molecular flexibility index (Phi) is 3.90. The molecule has 138 valence electrons. The monoisotopic (exact) mass is 377 g/mol. The van der Waals surface area contributed by atoms with Crippen molar-refractivity contribution in [2.24, 2.45) is 5.73 Å². The lowest BCUT2D eigenvalue weighted by Crippen LogP contribution is -2.74. The number of nitrogens with one attached hydrogen (secondary N) is 1. The van der Waals surface area contributed by atoms with Gasteiger partial charge < -0.3 is 4.74 Å². The molecule has 1 aromatic rings. The summed E-state index contributed by atoms with van der Waals surface area (Å²) in [4.78, 5) is 32.0. The summed E-state index contributed by atoms with van der Waals surface area (Å²) >= 11 is 0. The summed E-state index contributed by atoms with van der Waals surface area (Å²) in [6, 6.07) is 0. The van der Waals surface area contributed by atoms with Gasteiger partial charge in [-0.2, -0.15) is 26.3 Å². The highest BCUT2D eigenvalue weighted by Crippen LogP contribution is 2.42. The molecular weight excluding hydrogens is 372 g/mol. The van der Waals surface area contributed by atoms with Gasteiger partial charge in [0.2, 0.25) is 11.5 Å². The van der Waals surface area contributed by atoms with Crippen molar-refractivity contribution in [2.45, 2.75) is 18.1 Å². The zero-order valence-corrected chi connectivity index (χ0v) is 11.4. The molecule has 25 heavy (non-hydrogen) atoms. The minimum Gasteiger partial charge on any atom is -0.426 e. The summed E-state index contributed by atoms with van der Waals surface area (Å²) in [6.45, 7) is -1.07. The van der Waals surface area contributed by atoms with Crippen molar-refractivity contribution in [3.05, 3.63) is 15.8 Å². The van der Waals surface area contributed by atoms with E-state index in [1.807, 2.05) is 0 Å². The number of aromatic nitrogens is 2. The Bertz CT molecular complexity index is 757. The number of nitrogens with zero attached hydrogens (tertiary/aromatic N) is 3. The third-order valence-corrected chi connectivity index (χ3v) is 2.95. The van der Waals surface area contributed by atoms with Gasteiger partial charge in [0.15, 0.2) is 0 Å². The zero-order valence-electron chi connectivity index (χ0n) is 11.4. The van der Waals surface area contributed by atoms with E-state index in [0.29, 0.717) is 0 Å². The van der Waals surface area contributed by atoms with Crippen LogP contribution in [0.1, 0.15) is 5.69 Å². The SMILES string of the molecule is N[C@]1(OC(=O)C(F)(F)F)CN(c2n[nH]c(C(F)(F)F)c2[N+](=O)[O-])C1=O. The first kappa shape index (κ1) is 18.4. The molecule has 2 rings (SSSR count). The summed E-state index contributed by atoms with van der Waals surface area (Å²) in [5.41, 5.74) is -1.23. The van der Waals surface area contributed by atoms with Crippen LogP contribution in [0.5, 0.6) is 0 Å². The molecule has 10 nitrogen and oxygen atoms in total. The summed E-state index contributed by atoms with van der Waals surface area (Å²) in [6.07, 6.45) is -10.7. The molecule has 1 saturated heterocycles. The third-order valence-electron chi connectivity index (χ3n) is 2.95. The number of hydrogen-bond donors (Lipinski definition) is 2. The molecule has 1 aromatic heterocycles. The molecule has 0 radical (unpaired) electrons. The number of β-lactam (4-membered cyclic amide) rings is 1. The maximum atomic E-state index is 12.7. The van der Waals surface area contributed by atoms with Crippen molar-refractivity contribution in [2.75, 3.05) is 11.4 Å². The maximum absolute atomic E-state index is 12.7. The van der Waals surface area contributed by atoms with Crippen LogP contribution in [-0.2, 0) is 20.5 Å². The van der Waals surface area contributed by atoms with E-state index >= 15 is 0 Å². The Morgan fingerprint density at radius 2 is 1.92 bits per heavy atom. The van der Waals surface area contributed by atoms with Crippen LogP contribution in [0.3, 0.4) is 0 Å². The van der Waals surface area contributed by atoms with E-state index in [1.54, 1.807) is 0 Å². The number of amides is 1. The molecule has 0 saturated carbocycles. The predicted octanol–water partition coefficient (Wildman–Crippen LogP) is 0.444. The number of rotatable bonds is 3. The van der Waals surface area contributed by atoms with E-state index in [2.05, 4.69) is 9.84 Å². The van der Waals surface area contributed by atoms with Crippen LogP contribution >= 0.6 is 0 Å². The van der Waals surface area contributed by atoms with Gasteiger partial charge in [-0.15, -0.1) is 5.10 Å². The molecule has 16 heteroatoms. The second-order valence-electron chi connectivity index (χ2n) is 4.69. The Balaban J connectivity index is 2.30. The standard InChI is InChI=1S/C9H5F6N5O5/c10-8(11,12)3-2(20(23)24)4(18-17-3)19-1-7(16,5(19)21)25-6(22)9(13,14)15/h1,16H2,(H,17,18)/t7-/m0/s1. The van der Waals surface area contributed by atoms with Gasteiger partial charge in [-0.05, 0) is 0 Å². The van der Waals surface area contributed by atoms with Crippen molar-refractivity contribution in [1.29, 1.82) is 0 Å². The van der Waals surface area contributed by atoms with Gasteiger partial charge in [0.1, 0.15) is 0 Å². The fourth-order valence-electron chi connectivity index (χ4n) is 1.87. The van der Waals surface area contributed by atoms with Crippen LogP contribution in [0, 0.1) is 10.1 Å². The van der Waals surface area contributed by atoms with Gasteiger partial charge >= 0.3 is 24.0 Å². The second-order valence-corrected chi connectivity index (χ2v) is 4.69. The average Bonchev–Trinajstić information content (AvgIpc) is 2.87. The van der Waals surface area contributed by atoms with E-state index in [9.17, 15) is 46.0 Å². The highest BCUT2D eigenvalue weighted by atomic mass is 19.4. The molecule has 3 N–H and O–H groups in total. The fraction of sp³-hybridized carbons (Fsp3) is 0.444. The number of esters is 1. The third kappa shape index (κ3) is 3.06. The van der Waals surface area contributed by atoms with Crippen molar-refractivity contribution in [1.82, 2.24) is 10.2 Å². The van der Waals surface area contributed by atoms with Crippen molar-refractivity contribution < 1.29 is 45.6 Å². The fourth-order valence-corrected chi connectivity index (χ4v) is 1.87. The van der Waals surface area contributed by atoms with Crippen LogP contribution in [0.15, 0.2) is 0 Å². The van der Waals surface area contributed by atoms with Crippen molar-refractivity contribution in [3.63, 3.8) is 0 Å². The topological polar surface area (TPSA) is 144 Å². The normalized spacial score (nSPS) is 21.1. The number of ether oxygens (including phenoxy) is 1. The average molecular weight is 377 g/mol. The Hall–Kier alpha value is -2.91. The van der Waals surface area contributed by atoms with Crippen LogP contribution in [0.2, 0.25) is 0 Å². The van der Waals surface area contributed by atoms with Crippen molar-refractivity contribution in [3.8, 4) is 0 Å². The van der Waals surface area contributed by atoms with Crippen LogP contribution in [0.4, 0.5) is 37.8 Å². The molecule has 1 amide bonds. The zero-order chi connectivity index (χ0) is 19.4. The molecular formula is C9H5F6N5O5. The minimum absolute atomic E-state index is 0.174. The number of hydrogen-bond acceptors (Lipinski definition) is 7. The number of anilines is 1. The highest BCUT2D eigenvalue weighted by Gasteiger charge is 2.59. The number of carbonyl (C=O) groups is 2. The second kappa shape index (κ2) is 5.30. The molecule has 0 spiro atoms. The van der Waals surface area contributed by atoms with E-state index in [4.69, 9.17) is 5.73 Å². The summed E-state index contributed by atoms with van der Waals surface area (Å²) in [7, 11) is 0. The minimum atomic E-state index is -5.48. The largest absolute Gasteiger partial charge is 0.491 e. The number of aromatic amines is 1. The molecule has 0 aromatic carbocycles. The van der Waals surface area contributed by atoms with Gasteiger partial charge in [-0.1, -0.05) is 0 Å². The first-order chi connectivity index (χ1) is 11.2. The maximum Gasteiger partial charge on any atom is 0.491 e. The Labute approximate surface area is 131 Å². The smallest absolute Gasteiger partial charge is 0.426 e. The summed E-state index contributed by atoms with van der Waals surface area (Å²) in [5.74, 6) is -5.56. The van der Waals surface area contributed by atoms with Gasteiger partial charge in [0.25, 0.3) is 11.6 Å². The van der Waals surface area contributed by atoms with Crippen molar-refractivity contribution >= 4 is 23.4 Å². The summed E-state index contributed by atoms with van der Waals surface area (Å²) in [5, 5.41) is 15.1. The highest BCUT2D eigenvalue weighted by molar-refractivity contribution is 6.08. The predicted molar refractivity (Wildman–Crippen MR) is 61.7 cm³/mol. The lowest BCUT2D eigenvalue weighted by atomic mass is 10.0. The molecule has 0 aliphatic carbocycles. The number of carbonyl (C=O) groups excluding carboxylic acids is 2. The van der Waals surface area contributed by atoms with Gasteiger partial charge in [0, 0.05) is 0 Å². The van der Waals surface area contributed by atoms with E-state index in [0.717, 1.165) is 0 Å². The van der Waals surface area contributed by atoms with Gasteiger partial charge in [0.05, 0.1) is 11.5 Å². The Morgan fingerprint density at radius 3 is 2.32 bits per heavy atom. The van der Waals surface area contributed by atoms with E-state index in [-0.39, 0.29) is 4.90 Å². The van der Waals surface area contributed by atoms with Gasteiger partial charge in [-0.3, -0.25) is 30.6 Å². The number of H-pyrrole nitrogens is 1. The number of nitrogens with two attached hydrogens (primary N) is 1. The van der Waals surface area contributed by atoms with Crippen LogP contribution in [-0.4, -0.2) is 45.4 Å². The first-order valence-electron chi connectivity index (χ1n) is 5.89. The van der Waals surface area contributed by atoms with Crippen LogP contribution < -0.4 is 10.6 Å². The van der Waals surface area contributed by atoms with E-state index < -0.39 is 58.6 Å². The lowest BCUT2D eigenvalue weighted by molar-refractivity contribution is -0.387.